The van der Waals surface area contributed by atoms with Crippen molar-refractivity contribution in [1.29, 1.82) is 0 Å². The average molecular weight is 394 g/mol. The van der Waals surface area contributed by atoms with Gasteiger partial charge in [0.05, 0.1) is 9.75 Å². The second kappa shape index (κ2) is 6.14. The van der Waals surface area contributed by atoms with Crippen molar-refractivity contribution in [1.82, 2.24) is 0 Å². The second-order valence-corrected chi connectivity index (χ2v) is 7.48. The number of benzene rings is 1. The van der Waals surface area contributed by atoms with Crippen LogP contribution >= 0.6 is 22.7 Å². The van der Waals surface area contributed by atoms with Gasteiger partial charge >= 0.3 is 0 Å². The van der Waals surface area contributed by atoms with Crippen LogP contribution in [0.5, 0.6) is 23.0 Å². The lowest BCUT2D eigenvalue weighted by molar-refractivity contribution is 0.174. The molecule has 2 aliphatic rings. The van der Waals surface area contributed by atoms with Crippen molar-refractivity contribution in [3.05, 3.63) is 34.5 Å². The van der Waals surface area contributed by atoms with Gasteiger partial charge < -0.3 is 18.9 Å². The Hall–Kier alpha value is -2.32. The summed E-state index contributed by atoms with van der Waals surface area (Å²) < 4.78 is 51.9. The fraction of sp³-hybridized carbons (Fsp3) is 0.222. The van der Waals surface area contributed by atoms with Crippen LogP contribution in [0.4, 0.5) is 8.78 Å². The highest BCUT2D eigenvalue weighted by Gasteiger charge is 2.26. The van der Waals surface area contributed by atoms with Gasteiger partial charge in [-0.1, -0.05) is 0 Å². The third-order valence-electron chi connectivity index (χ3n) is 4.15. The normalized spacial score (nSPS) is 15.2. The lowest BCUT2D eigenvalue weighted by Crippen LogP contribution is -2.14. The largest absolute Gasteiger partial charge is 0.485 e. The van der Waals surface area contributed by atoms with Crippen molar-refractivity contribution in [3.8, 4) is 43.9 Å². The molecule has 0 saturated carbocycles. The van der Waals surface area contributed by atoms with E-state index in [1.165, 1.54) is 34.8 Å². The Bertz CT molecular complexity index is 915. The maximum atomic E-state index is 14.9. The molecule has 26 heavy (non-hydrogen) atoms. The molecule has 0 atom stereocenters. The Morgan fingerprint density at radius 2 is 1.08 bits per heavy atom. The van der Waals surface area contributed by atoms with Gasteiger partial charge in [-0.3, -0.25) is 0 Å². The summed E-state index contributed by atoms with van der Waals surface area (Å²) in [5.41, 5.74) is 0.316. The summed E-state index contributed by atoms with van der Waals surface area (Å²) in [4.78, 5) is 1.05. The summed E-state index contributed by atoms with van der Waals surface area (Å²) in [5, 5.41) is 3.49. The molecule has 134 valence electrons. The number of fused-ring (bicyclic) bond motifs is 2. The van der Waals surface area contributed by atoms with Crippen LogP contribution in [0.1, 0.15) is 0 Å². The monoisotopic (exact) mass is 394 g/mol. The van der Waals surface area contributed by atoms with Crippen LogP contribution in [-0.2, 0) is 0 Å². The topological polar surface area (TPSA) is 36.9 Å². The quantitative estimate of drug-likeness (QED) is 0.615. The smallest absolute Gasteiger partial charge is 0.180 e. The van der Waals surface area contributed by atoms with Crippen molar-refractivity contribution >= 4 is 22.7 Å². The van der Waals surface area contributed by atoms with Crippen LogP contribution in [0, 0.1) is 11.6 Å². The molecule has 1 aromatic carbocycles. The molecule has 0 N–H and O–H groups in total. The van der Waals surface area contributed by atoms with Crippen molar-refractivity contribution in [2.45, 2.75) is 0 Å². The van der Waals surface area contributed by atoms with Gasteiger partial charge in [-0.25, -0.2) is 8.78 Å². The highest BCUT2D eigenvalue weighted by molar-refractivity contribution is 7.14. The molecule has 4 heterocycles. The minimum absolute atomic E-state index is 0.158. The van der Waals surface area contributed by atoms with Crippen LogP contribution in [0.3, 0.4) is 0 Å². The van der Waals surface area contributed by atoms with Gasteiger partial charge in [0.1, 0.15) is 38.1 Å². The SMILES string of the molecule is Fc1cc(-c2scc3c2OCCO3)c(F)cc1-c1scc2c1OCCO2. The fourth-order valence-electron chi connectivity index (χ4n) is 2.99. The fourth-order valence-corrected chi connectivity index (χ4v) is 4.89. The van der Waals surface area contributed by atoms with Crippen LogP contribution in [-0.4, -0.2) is 26.4 Å². The van der Waals surface area contributed by atoms with Gasteiger partial charge in [0.25, 0.3) is 0 Å². The zero-order valence-electron chi connectivity index (χ0n) is 13.3. The standard InChI is InChI=1S/C18H12F2O4S2/c19-11-6-10(18-16-14(8-26-18)22-2-4-24-16)12(20)5-9(11)17-15-13(7-25-17)21-1-3-23-15/h5-8H,1-4H2. The van der Waals surface area contributed by atoms with Gasteiger partial charge in [-0.15, -0.1) is 22.7 Å². The van der Waals surface area contributed by atoms with E-state index >= 15 is 0 Å². The molecule has 3 aromatic rings. The number of halogens is 2. The number of rotatable bonds is 2. The first-order valence-corrected chi connectivity index (χ1v) is 9.72. The first-order valence-electron chi connectivity index (χ1n) is 7.96. The van der Waals surface area contributed by atoms with Gasteiger partial charge in [0.2, 0.25) is 0 Å². The highest BCUT2D eigenvalue weighted by atomic mass is 32.1. The molecule has 0 aliphatic carbocycles. The minimum atomic E-state index is -0.529. The molecule has 0 fully saturated rings. The maximum absolute atomic E-state index is 14.9. The lowest BCUT2D eigenvalue weighted by Gasteiger charge is -2.17. The van der Waals surface area contributed by atoms with E-state index in [0.717, 1.165) is 0 Å². The van der Waals surface area contributed by atoms with Gasteiger partial charge in [-0.05, 0) is 12.1 Å². The predicted molar refractivity (Wildman–Crippen MR) is 95.0 cm³/mol. The predicted octanol–water partition coefficient (Wildman–Crippen LogP) is 4.96. The molecule has 5 rings (SSSR count). The molecular formula is C18H12F2O4S2. The van der Waals surface area contributed by atoms with Crippen molar-refractivity contribution in [3.63, 3.8) is 0 Å². The lowest BCUT2D eigenvalue weighted by atomic mass is 10.1. The third-order valence-corrected chi connectivity index (χ3v) is 6.09. The van der Waals surface area contributed by atoms with Crippen LogP contribution < -0.4 is 18.9 Å². The Morgan fingerprint density at radius 1 is 0.654 bits per heavy atom. The van der Waals surface area contributed by atoms with E-state index in [1.807, 2.05) is 0 Å². The van der Waals surface area contributed by atoms with Crippen molar-refractivity contribution < 1.29 is 27.7 Å². The van der Waals surface area contributed by atoms with E-state index in [2.05, 4.69) is 0 Å². The number of hydrogen-bond donors (Lipinski definition) is 0. The molecule has 0 unspecified atom stereocenters. The van der Waals surface area contributed by atoms with Gasteiger partial charge in [-0.2, -0.15) is 0 Å². The molecule has 2 aliphatic heterocycles. The van der Waals surface area contributed by atoms with Crippen molar-refractivity contribution in [2.24, 2.45) is 0 Å². The van der Waals surface area contributed by atoms with E-state index in [4.69, 9.17) is 18.9 Å². The first-order chi connectivity index (χ1) is 12.7. The molecule has 0 bridgehead atoms. The summed E-state index contributed by atoms with van der Waals surface area (Å²) in [6.45, 7) is 1.67. The van der Waals surface area contributed by atoms with E-state index in [1.54, 1.807) is 10.8 Å². The zero-order chi connectivity index (χ0) is 17.7. The Morgan fingerprint density at radius 3 is 1.54 bits per heavy atom. The van der Waals surface area contributed by atoms with Crippen LogP contribution in [0.25, 0.3) is 20.9 Å². The third kappa shape index (κ3) is 2.44. The number of hydrogen-bond acceptors (Lipinski definition) is 6. The van der Waals surface area contributed by atoms with E-state index < -0.39 is 11.6 Å². The summed E-state index contributed by atoms with van der Waals surface area (Å²) in [5.74, 6) is 1.02. The second-order valence-electron chi connectivity index (χ2n) is 5.72. The van der Waals surface area contributed by atoms with Gasteiger partial charge in [0, 0.05) is 21.9 Å². The summed E-state index contributed by atoms with van der Waals surface area (Å²) in [7, 11) is 0. The molecule has 0 amide bonds. The summed E-state index contributed by atoms with van der Waals surface area (Å²) in [6.07, 6.45) is 0. The van der Waals surface area contributed by atoms with Crippen LogP contribution in [0.15, 0.2) is 22.9 Å². The molecule has 0 radical (unpaired) electrons. The van der Waals surface area contributed by atoms with Crippen molar-refractivity contribution in [2.75, 3.05) is 26.4 Å². The van der Waals surface area contributed by atoms with E-state index in [0.29, 0.717) is 59.2 Å². The molecular weight excluding hydrogens is 382 g/mol. The molecule has 0 saturated heterocycles. The minimum Gasteiger partial charge on any atom is -0.485 e. The highest BCUT2D eigenvalue weighted by Crippen LogP contribution is 2.49. The summed E-state index contributed by atoms with van der Waals surface area (Å²) >= 11 is 2.54. The maximum Gasteiger partial charge on any atom is 0.180 e. The van der Waals surface area contributed by atoms with Gasteiger partial charge in [0.15, 0.2) is 23.0 Å². The van der Waals surface area contributed by atoms with E-state index in [9.17, 15) is 8.78 Å². The summed E-state index contributed by atoms with van der Waals surface area (Å²) in [6, 6.07) is 2.40. The molecule has 2 aromatic heterocycles. The number of ether oxygens (including phenoxy) is 4. The first kappa shape index (κ1) is 15.9. The molecule has 4 nitrogen and oxygen atoms in total. The van der Waals surface area contributed by atoms with E-state index in [-0.39, 0.29) is 11.1 Å². The zero-order valence-corrected chi connectivity index (χ0v) is 15.0. The number of thiophene rings is 2. The van der Waals surface area contributed by atoms with Crippen LogP contribution in [0.2, 0.25) is 0 Å². The Labute approximate surface area is 155 Å². The molecule has 0 spiro atoms. The average Bonchev–Trinajstić information content (AvgIpc) is 3.27. The molecule has 8 heteroatoms. The Kier molecular flexibility index (Phi) is 3.75. The Balaban J connectivity index is 1.60.